The molecule has 1 unspecified atom stereocenters. The zero-order valence-corrected chi connectivity index (χ0v) is 10.3. The van der Waals surface area contributed by atoms with E-state index < -0.39 is 11.9 Å². The number of nitrogens with zero attached hydrogens (tertiary/aromatic N) is 2. The number of likely N-dealkylation sites (N-methyl/N-ethyl adjacent to an activating group) is 1. The van der Waals surface area contributed by atoms with Crippen LogP contribution in [-0.2, 0) is 9.53 Å². The van der Waals surface area contributed by atoms with E-state index in [1.807, 2.05) is 0 Å². The summed E-state index contributed by atoms with van der Waals surface area (Å²) >= 11 is 0. The number of aliphatic carboxylic acids is 1. The van der Waals surface area contributed by atoms with Gasteiger partial charge in [0.15, 0.2) is 0 Å². The van der Waals surface area contributed by atoms with Gasteiger partial charge >= 0.3 is 12.0 Å². The van der Waals surface area contributed by atoms with Crippen LogP contribution in [0.3, 0.4) is 0 Å². The topological polar surface area (TPSA) is 70.1 Å². The zero-order chi connectivity index (χ0) is 12.7. The Bertz CT molecular complexity index is 245. The summed E-state index contributed by atoms with van der Waals surface area (Å²) in [6, 6.07) is -0.204. The number of methoxy groups -OCH3 is 1. The van der Waals surface area contributed by atoms with Crippen molar-refractivity contribution in [3.8, 4) is 0 Å². The molecule has 0 aliphatic rings. The number of carbonyl (C=O) groups excluding carboxylic acids is 1. The average molecular weight is 232 g/mol. The van der Waals surface area contributed by atoms with Crippen molar-refractivity contribution in [2.45, 2.75) is 6.92 Å². The minimum atomic E-state index is -0.904. The highest BCUT2D eigenvalue weighted by molar-refractivity contribution is 5.75. The lowest BCUT2D eigenvalue weighted by molar-refractivity contribution is -0.141. The second-order valence-corrected chi connectivity index (χ2v) is 3.82. The average Bonchev–Trinajstić information content (AvgIpc) is 2.24. The van der Waals surface area contributed by atoms with Crippen molar-refractivity contribution in [2.24, 2.45) is 5.92 Å². The van der Waals surface area contributed by atoms with E-state index in [1.165, 1.54) is 9.80 Å². The number of rotatable bonds is 6. The number of amides is 2. The fourth-order valence-corrected chi connectivity index (χ4v) is 1.18. The first-order valence-electron chi connectivity index (χ1n) is 5.08. The number of ether oxygens (including phenoxy) is 1. The van der Waals surface area contributed by atoms with Gasteiger partial charge in [0.05, 0.1) is 12.5 Å². The number of urea groups is 1. The van der Waals surface area contributed by atoms with Crippen molar-refractivity contribution in [2.75, 3.05) is 40.9 Å². The first-order valence-corrected chi connectivity index (χ1v) is 5.08. The lowest BCUT2D eigenvalue weighted by Gasteiger charge is -2.25. The Kier molecular flexibility index (Phi) is 6.48. The predicted molar refractivity (Wildman–Crippen MR) is 59.3 cm³/mol. The first kappa shape index (κ1) is 14.7. The van der Waals surface area contributed by atoms with Gasteiger partial charge in [0.25, 0.3) is 0 Å². The summed E-state index contributed by atoms with van der Waals surface area (Å²) in [6.45, 7) is 2.72. The van der Waals surface area contributed by atoms with E-state index in [0.29, 0.717) is 13.2 Å². The second-order valence-electron chi connectivity index (χ2n) is 3.82. The standard InChI is InChI=1S/C10H20N2O4/c1-8(9(13)14)7-12(3)10(15)11(2)5-6-16-4/h8H,5-7H2,1-4H3,(H,13,14). The van der Waals surface area contributed by atoms with Crippen molar-refractivity contribution in [1.82, 2.24) is 9.80 Å². The summed E-state index contributed by atoms with van der Waals surface area (Å²) in [6.07, 6.45) is 0. The van der Waals surface area contributed by atoms with E-state index in [1.54, 1.807) is 28.1 Å². The number of carbonyl (C=O) groups is 2. The Balaban J connectivity index is 4.11. The van der Waals surface area contributed by atoms with E-state index in [4.69, 9.17) is 9.84 Å². The summed E-state index contributed by atoms with van der Waals surface area (Å²) in [4.78, 5) is 25.2. The summed E-state index contributed by atoms with van der Waals surface area (Å²) in [5.41, 5.74) is 0. The third-order valence-corrected chi connectivity index (χ3v) is 2.25. The van der Waals surface area contributed by atoms with Crippen LogP contribution in [0.5, 0.6) is 0 Å². The third-order valence-electron chi connectivity index (χ3n) is 2.25. The van der Waals surface area contributed by atoms with Crippen LogP contribution in [0, 0.1) is 5.92 Å². The van der Waals surface area contributed by atoms with Crippen LogP contribution in [0.1, 0.15) is 6.92 Å². The van der Waals surface area contributed by atoms with Gasteiger partial charge in [-0.2, -0.15) is 0 Å². The molecular formula is C10H20N2O4. The molecule has 94 valence electrons. The fourth-order valence-electron chi connectivity index (χ4n) is 1.18. The molecule has 1 N–H and O–H groups in total. The van der Waals surface area contributed by atoms with Crippen LogP contribution in [0.15, 0.2) is 0 Å². The molecule has 0 rings (SSSR count). The molecule has 0 bridgehead atoms. The van der Waals surface area contributed by atoms with Gasteiger partial charge in [0.2, 0.25) is 0 Å². The van der Waals surface area contributed by atoms with Crippen molar-refractivity contribution < 1.29 is 19.4 Å². The Morgan fingerprint density at radius 1 is 1.31 bits per heavy atom. The number of carboxylic acid groups (broad SMARTS) is 1. The lowest BCUT2D eigenvalue weighted by atomic mass is 10.2. The number of carboxylic acids is 1. The second kappa shape index (κ2) is 7.05. The van der Waals surface area contributed by atoms with Crippen molar-refractivity contribution in [3.05, 3.63) is 0 Å². The van der Waals surface area contributed by atoms with Crippen LogP contribution in [0.4, 0.5) is 4.79 Å². The maximum absolute atomic E-state index is 11.7. The molecule has 0 aliphatic carbocycles. The normalized spacial score (nSPS) is 12.0. The number of hydrogen-bond acceptors (Lipinski definition) is 3. The summed E-state index contributed by atoms with van der Waals surface area (Å²) in [5.74, 6) is -1.47. The Morgan fingerprint density at radius 2 is 1.88 bits per heavy atom. The largest absolute Gasteiger partial charge is 0.481 e. The quantitative estimate of drug-likeness (QED) is 0.716. The van der Waals surface area contributed by atoms with E-state index in [0.717, 1.165) is 0 Å². The molecule has 0 aromatic heterocycles. The molecular weight excluding hydrogens is 212 g/mol. The molecule has 16 heavy (non-hydrogen) atoms. The maximum atomic E-state index is 11.7. The summed E-state index contributed by atoms with van der Waals surface area (Å²) in [5, 5.41) is 8.72. The van der Waals surface area contributed by atoms with Crippen molar-refractivity contribution in [1.29, 1.82) is 0 Å². The first-order chi connectivity index (χ1) is 7.40. The van der Waals surface area contributed by atoms with Crippen molar-refractivity contribution in [3.63, 3.8) is 0 Å². The highest BCUT2D eigenvalue weighted by atomic mass is 16.5. The van der Waals surface area contributed by atoms with Crippen LogP contribution >= 0.6 is 0 Å². The smallest absolute Gasteiger partial charge is 0.319 e. The van der Waals surface area contributed by atoms with Gasteiger partial charge in [-0.05, 0) is 0 Å². The summed E-state index contributed by atoms with van der Waals surface area (Å²) < 4.78 is 4.86. The molecule has 0 spiro atoms. The molecule has 0 aromatic carbocycles. The monoisotopic (exact) mass is 232 g/mol. The van der Waals surface area contributed by atoms with Crippen LogP contribution < -0.4 is 0 Å². The fraction of sp³-hybridized carbons (Fsp3) is 0.800. The predicted octanol–water partition coefficient (Wildman–Crippen LogP) is 0.337. The molecule has 0 fully saturated rings. The Labute approximate surface area is 95.8 Å². The van der Waals surface area contributed by atoms with Crippen LogP contribution in [-0.4, -0.2) is 67.8 Å². The molecule has 6 heteroatoms. The summed E-state index contributed by atoms with van der Waals surface area (Å²) in [7, 11) is 4.81. The van der Waals surface area contributed by atoms with Crippen molar-refractivity contribution >= 4 is 12.0 Å². The minimum absolute atomic E-state index is 0.200. The SMILES string of the molecule is COCCN(C)C(=O)N(C)CC(C)C(=O)O. The van der Waals surface area contributed by atoms with Gasteiger partial charge in [0.1, 0.15) is 0 Å². The molecule has 0 saturated heterocycles. The molecule has 1 atom stereocenters. The van der Waals surface area contributed by atoms with E-state index >= 15 is 0 Å². The highest BCUT2D eigenvalue weighted by Gasteiger charge is 2.19. The molecule has 0 aromatic rings. The zero-order valence-electron chi connectivity index (χ0n) is 10.3. The Hall–Kier alpha value is -1.30. The van der Waals surface area contributed by atoms with Gasteiger partial charge in [-0.15, -0.1) is 0 Å². The molecule has 0 saturated carbocycles. The highest BCUT2D eigenvalue weighted by Crippen LogP contribution is 2.01. The van der Waals surface area contributed by atoms with Gasteiger partial charge in [0, 0.05) is 34.3 Å². The van der Waals surface area contributed by atoms with E-state index in [-0.39, 0.29) is 12.6 Å². The molecule has 0 aliphatic heterocycles. The van der Waals surface area contributed by atoms with E-state index in [2.05, 4.69) is 0 Å². The van der Waals surface area contributed by atoms with Crippen LogP contribution in [0.25, 0.3) is 0 Å². The van der Waals surface area contributed by atoms with Gasteiger partial charge < -0.3 is 19.6 Å². The molecule has 6 nitrogen and oxygen atoms in total. The minimum Gasteiger partial charge on any atom is -0.481 e. The van der Waals surface area contributed by atoms with Gasteiger partial charge in [-0.1, -0.05) is 6.92 Å². The number of hydrogen-bond donors (Lipinski definition) is 1. The van der Waals surface area contributed by atoms with Gasteiger partial charge in [-0.3, -0.25) is 4.79 Å². The van der Waals surface area contributed by atoms with E-state index in [9.17, 15) is 9.59 Å². The van der Waals surface area contributed by atoms with Crippen LogP contribution in [0.2, 0.25) is 0 Å². The molecule has 2 amide bonds. The lowest BCUT2D eigenvalue weighted by Crippen LogP contribution is -2.42. The molecule has 0 radical (unpaired) electrons. The van der Waals surface area contributed by atoms with Gasteiger partial charge in [-0.25, -0.2) is 4.79 Å². The Morgan fingerprint density at radius 3 is 2.31 bits per heavy atom. The molecule has 0 heterocycles. The third kappa shape index (κ3) is 4.97. The maximum Gasteiger partial charge on any atom is 0.319 e.